The van der Waals surface area contributed by atoms with Crippen molar-refractivity contribution in [2.75, 3.05) is 0 Å². The second-order valence-corrected chi connectivity index (χ2v) is 7.07. The van der Waals surface area contributed by atoms with Crippen LogP contribution in [0.15, 0.2) is 60.7 Å². The van der Waals surface area contributed by atoms with Crippen molar-refractivity contribution in [3.8, 4) is 0 Å². The van der Waals surface area contributed by atoms with E-state index in [1.54, 1.807) is 31.2 Å². The highest BCUT2D eigenvalue weighted by Crippen LogP contribution is 2.14. The first kappa shape index (κ1) is 20.3. The van der Waals surface area contributed by atoms with Gasteiger partial charge in [0.1, 0.15) is 6.04 Å². The highest BCUT2D eigenvalue weighted by atomic mass is 16.2. The number of aromatic nitrogens is 2. The smallest absolute Gasteiger partial charge is 0.251 e. The van der Waals surface area contributed by atoms with E-state index in [0.717, 1.165) is 17.0 Å². The van der Waals surface area contributed by atoms with E-state index in [0.29, 0.717) is 18.7 Å². The molecule has 150 valence electrons. The monoisotopic (exact) mass is 390 g/mol. The van der Waals surface area contributed by atoms with Crippen LogP contribution in [0.4, 0.5) is 0 Å². The van der Waals surface area contributed by atoms with E-state index in [2.05, 4.69) is 27.9 Å². The van der Waals surface area contributed by atoms with Crippen LogP contribution in [0.3, 0.4) is 0 Å². The van der Waals surface area contributed by atoms with E-state index < -0.39 is 6.04 Å². The molecular weight excluding hydrogens is 364 g/mol. The Morgan fingerprint density at radius 2 is 1.62 bits per heavy atom. The molecule has 29 heavy (non-hydrogen) atoms. The summed E-state index contributed by atoms with van der Waals surface area (Å²) in [6.07, 6.45) is 0. The number of carbonyl (C=O) groups excluding carboxylic acids is 2. The van der Waals surface area contributed by atoms with Gasteiger partial charge in [-0.05, 0) is 38.5 Å². The molecule has 0 saturated heterocycles. The molecule has 1 aromatic heterocycles. The third-order valence-electron chi connectivity index (χ3n) is 4.92. The molecule has 6 nitrogen and oxygen atoms in total. The van der Waals surface area contributed by atoms with Gasteiger partial charge in [0.2, 0.25) is 5.91 Å². The summed E-state index contributed by atoms with van der Waals surface area (Å²) in [5.41, 5.74) is 4.61. The summed E-state index contributed by atoms with van der Waals surface area (Å²) in [4.78, 5) is 24.7. The lowest BCUT2D eigenvalue weighted by molar-refractivity contribution is -0.122. The molecular formula is C23H26N4O2. The SMILES string of the molecule is Cc1nn(Cc2ccccc2)c(C)c1CNC(=O)[C@H](C)NC(=O)c1ccccc1. The molecule has 0 saturated carbocycles. The number of nitrogens with one attached hydrogen (secondary N) is 2. The van der Waals surface area contributed by atoms with Gasteiger partial charge in [-0.2, -0.15) is 5.10 Å². The number of hydrogen-bond donors (Lipinski definition) is 2. The van der Waals surface area contributed by atoms with Crippen LogP contribution >= 0.6 is 0 Å². The summed E-state index contributed by atoms with van der Waals surface area (Å²) in [5, 5.41) is 10.2. The van der Waals surface area contributed by atoms with Gasteiger partial charge in [-0.25, -0.2) is 0 Å². The molecule has 2 N–H and O–H groups in total. The maximum atomic E-state index is 12.5. The van der Waals surface area contributed by atoms with Crippen molar-refractivity contribution in [3.63, 3.8) is 0 Å². The number of nitrogens with zero attached hydrogens (tertiary/aromatic N) is 2. The highest BCUT2D eigenvalue weighted by Gasteiger charge is 2.18. The lowest BCUT2D eigenvalue weighted by atomic mass is 10.1. The Bertz CT molecular complexity index is 981. The standard InChI is InChI=1S/C23H26N4O2/c1-16-21(18(3)27(26-16)15-19-10-6-4-7-11-19)14-24-22(28)17(2)25-23(29)20-12-8-5-9-13-20/h4-13,17H,14-15H2,1-3H3,(H,24,28)(H,25,29)/t17-/m0/s1. The van der Waals surface area contributed by atoms with Gasteiger partial charge in [0.05, 0.1) is 12.2 Å². The van der Waals surface area contributed by atoms with Crippen LogP contribution in [0, 0.1) is 13.8 Å². The Kier molecular flexibility index (Phi) is 6.44. The van der Waals surface area contributed by atoms with Crippen molar-refractivity contribution in [2.45, 2.75) is 39.9 Å². The van der Waals surface area contributed by atoms with Gasteiger partial charge < -0.3 is 10.6 Å². The molecule has 0 fully saturated rings. The van der Waals surface area contributed by atoms with Crippen LogP contribution in [0.5, 0.6) is 0 Å². The minimum Gasteiger partial charge on any atom is -0.350 e. The van der Waals surface area contributed by atoms with E-state index in [1.807, 2.05) is 42.8 Å². The summed E-state index contributed by atoms with van der Waals surface area (Å²) in [7, 11) is 0. The van der Waals surface area contributed by atoms with Gasteiger partial charge in [0.25, 0.3) is 5.91 Å². The molecule has 2 aromatic carbocycles. The first-order chi connectivity index (χ1) is 14.0. The first-order valence-corrected chi connectivity index (χ1v) is 9.66. The van der Waals surface area contributed by atoms with Crippen LogP contribution in [-0.4, -0.2) is 27.6 Å². The maximum Gasteiger partial charge on any atom is 0.251 e. The normalized spacial score (nSPS) is 11.7. The van der Waals surface area contributed by atoms with Gasteiger partial charge in [-0.1, -0.05) is 48.5 Å². The van der Waals surface area contributed by atoms with Crippen molar-refractivity contribution >= 4 is 11.8 Å². The molecule has 0 spiro atoms. The van der Waals surface area contributed by atoms with E-state index in [4.69, 9.17) is 0 Å². The Morgan fingerprint density at radius 3 is 2.28 bits per heavy atom. The van der Waals surface area contributed by atoms with Crippen molar-refractivity contribution in [2.24, 2.45) is 0 Å². The summed E-state index contributed by atoms with van der Waals surface area (Å²) < 4.78 is 1.95. The van der Waals surface area contributed by atoms with Crippen molar-refractivity contribution < 1.29 is 9.59 Å². The summed E-state index contributed by atoms with van der Waals surface area (Å²) in [6, 6.07) is 18.4. The van der Waals surface area contributed by atoms with Gasteiger partial charge in [-0.3, -0.25) is 14.3 Å². The summed E-state index contributed by atoms with van der Waals surface area (Å²) >= 11 is 0. The van der Waals surface area contributed by atoms with Crippen molar-refractivity contribution in [3.05, 3.63) is 88.7 Å². The van der Waals surface area contributed by atoms with Crippen LogP contribution in [0.2, 0.25) is 0 Å². The zero-order valence-corrected chi connectivity index (χ0v) is 17.0. The zero-order chi connectivity index (χ0) is 20.8. The fraction of sp³-hybridized carbons (Fsp3) is 0.261. The van der Waals surface area contributed by atoms with Gasteiger partial charge in [-0.15, -0.1) is 0 Å². The Balaban J connectivity index is 1.59. The van der Waals surface area contributed by atoms with Crippen LogP contribution in [-0.2, 0) is 17.9 Å². The minimum atomic E-state index is -0.636. The average molecular weight is 390 g/mol. The number of carbonyl (C=O) groups is 2. The minimum absolute atomic E-state index is 0.233. The molecule has 0 radical (unpaired) electrons. The predicted molar refractivity (Wildman–Crippen MR) is 112 cm³/mol. The topological polar surface area (TPSA) is 76.0 Å². The number of aryl methyl sites for hydroxylation is 1. The van der Waals surface area contributed by atoms with E-state index in [-0.39, 0.29) is 11.8 Å². The largest absolute Gasteiger partial charge is 0.350 e. The number of hydrogen-bond acceptors (Lipinski definition) is 3. The molecule has 3 rings (SSSR count). The Labute approximate surface area is 170 Å². The number of amides is 2. The summed E-state index contributed by atoms with van der Waals surface area (Å²) in [6.45, 7) is 6.68. The fourth-order valence-electron chi connectivity index (χ4n) is 3.16. The molecule has 0 aliphatic carbocycles. The number of rotatable bonds is 7. The molecule has 0 aliphatic rings. The van der Waals surface area contributed by atoms with E-state index >= 15 is 0 Å². The second kappa shape index (κ2) is 9.19. The Hall–Kier alpha value is -3.41. The molecule has 0 bridgehead atoms. The van der Waals surface area contributed by atoms with E-state index in [1.165, 1.54) is 5.56 Å². The Morgan fingerprint density at radius 1 is 1.00 bits per heavy atom. The average Bonchev–Trinajstić information content (AvgIpc) is 3.00. The zero-order valence-electron chi connectivity index (χ0n) is 17.0. The quantitative estimate of drug-likeness (QED) is 0.651. The highest BCUT2D eigenvalue weighted by molar-refractivity contribution is 5.97. The fourth-order valence-corrected chi connectivity index (χ4v) is 3.16. The van der Waals surface area contributed by atoms with Crippen molar-refractivity contribution in [1.29, 1.82) is 0 Å². The maximum absolute atomic E-state index is 12.5. The predicted octanol–water partition coefficient (Wildman–Crippen LogP) is 2.98. The van der Waals surface area contributed by atoms with Gasteiger partial charge >= 0.3 is 0 Å². The molecule has 3 aromatic rings. The molecule has 1 atom stereocenters. The third kappa shape index (κ3) is 5.10. The molecule has 1 heterocycles. The van der Waals surface area contributed by atoms with Gasteiger partial charge in [0, 0.05) is 23.4 Å². The first-order valence-electron chi connectivity index (χ1n) is 9.66. The lowest BCUT2D eigenvalue weighted by Crippen LogP contribution is -2.44. The second-order valence-electron chi connectivity index (χ2n) is 7.07. The molecule has 2 amide bonds. The molecule has 0 aliphatic heterocycles. The molecule has 6 heteroatoms. The van der Waals surface area contributed by atoms with Crippen LogP contribution < -0.4 is 10.6 Å². The van der Waals surface area contributed by atoms with Crippen LogP contribution in [0.25, 0.3) is 0 Å². The third-order valence-corrected chi connectivity index (χ3v) is 4.92. The van der Waals surface area contributed by atoms with Gasteiger partial charge in [0.15, 0.2) is 0 Å². The van der Waals surface area contributed by atoms with E-state index in [9.17, 15) is 9.59 Å². The molecule has 0 unspecified atom stereocenters. The number of benzene rings is 2. The van der Waals surface area contributed by atoms with Crippen LogP contribution in [0.1, 0.15) is 39.8 Å². The van der Waals surface area contributed by atoms with Crippen molar-refractivity contribution in [1.82, 2.24) is 20.4 Å². The lowest BCUT2D eigenvalue weighted by Gasteiger charge is -2.14. The summed E-state index contributed by atoms with van der Waals surface area (Å²) in [5.74, 6) is -0.500.